The molecule has 0 bridgehead atoms. The Labute approximate surface area is 143 Å². The maximum atomic E-state index is 11.9. The smallest absolute Gasteiger partial charge is 0.312 e. The van der Waals surface area contributed by atoms with Crippen LogP contribution in [0.3, 0.4) is 0 Å². The SMILES string of the molecule is O=C(NN=Cc1cc(Cl)cc([N+](=O)[O-])c1O)c1ccccc1Br. The maximum absolute atomic E-state index is 11.9. The molecule has 0 aliphatic heterocycles. The number of nitrogens with zero attached hydrogens (tertiary/aromatic N) is 2. The van der Waals surface area contributed by atoms with Crippen LogP contribution in [-0.4, -0.2) is 22.2 Å². The summed E-state index contributed by atoms with van der Waals surface area (Å²) in [6.07, 6.45) is 1.07. The fourth-order valence-electron chi connectivity index (χ4n) is 1.71. The minimum absolute atomic E-state index is 0.0108. The van der Waals surface area contributed by atoms with Crippen molar-refractivity contribution in [2.24, 2.45) is 5.10 Å². The Kier molecular flexibility index (Phi) is 5.30. The van der Waals surface area contributed by atoms with Crippen molar-refractivity contribution in [3.8, 4) is 5.75 Å². The van der Waals surface area contributed by atoms with E-state index in [0.29, 0.717) is 10.0 Å². The Morgan fingerprint density at radius 1 is 1.39 bits per heavy atom. The number of nitro benzene ring substituents is 1. The quantitative estimate of drug-likeness (QED) is 0.467. The second-order valence-corrected chi connectivity index (χ2v) is 5.59. The molecule has 0 spiro atoms. The van der Waals surface area contributed by atoms with Gasteiger partial charge in [-0.2, -0.15) is 5.10 Å². The van der Waals surface area contributed by atoms with Crippen LogP contribution >= 0.6 is 27.5 Å². The van der Waals surface area contributed by atoms with E-state index in [0.717, 1.165) is 12.3 Å². The van der Waals surface area contributed by atoms with Crippen LogP contribution in [-0.2, 0) is 0 Å². The zero-order chi connectivity index (χ0) is 17.0. The number of rotatable bonds is 4. The summed E-state index contributed by atoms with van der Waals surface area (Å²) in [6.45, 7) is 0. The molecule has 2 aromatic rings. The molecule has 0 fully saturated rings. The molecule has 0 atom stereocenters. The number of nitro groups is 1. The van der Waals surface area contributed by atoms with E-state index in [2.05, 4.69) is 26.5 Å². The van der Waals surface area contributed by atoms with Crippen molar-refractivity contribution in [3.05, 3.63) is 67.1 Å². The minimum atomic E-state index is -0.766. The summed E-state index contributed by atoms with van der Waals surface area (Å²) < 4.78 is 0.592. The van der Waals surface area contributed by atoms with Gasteiger partial charge in [0.05, 0.1) is 16.7 Å². The fourth-order valence-corrected chi connectivity index (χ4v) is 2.39. The number of carbonyl (C=O) groups is 1. The molecule has 9 heteroatoms. The van der Waals surface area contributed by atoms with Crippen molar-refractivity contribution < 1.29 is 14.8 Å². The van der Waals surface area contributed by atoms with Crippen LogP contribution in [0, 0.1) is 10.1 Å². The number of aromatic hydroxyl groups is 1. The van der Waals surface area contributed by atoms with E-state index in [-0.39, 0.29) is 10.6 Å². The first-order valence-corrected chi connectivity index (χ1v) is 7.32. The third kappa shape index (κ3) is 4.05. The van der Waals surface area contributed by atoms with E-state index in [1.807, 2.05) is 0 Å². The van der Waals surface area contributed by atoms with E-state index in [4.69, 9.17) is 11.6 Å². The molecule has 0 radical (unpaired) electrons. The van der Waals surface area contributed by atoms with Crippen LogP contribution in [0.5, 0.6) is 5.75 Å². The van der Waals surface area contributed by atoms with Crippen molar-refractivity contribution in [2.45, 2.75) is 0 Å². The Morgan fingerprint density at radius 3 is 2.74 bits per heavy atom. The second kappa shape index (κ2) is 7.21. The van der Waals surface area contributed by atoms with Gasteiger partial charge in [0.1, 0.15) is 0 Å². The predicted molar refractivity (Wildman–Crippen MR) is 89.0 cm³/mol. The summed E-state index contributed by atoms with van der Waals surface area (Å²) in [5, 5.41) is 24.3. The molecule has 0 unspecified atom stereocenters. The number of benzene rings is 2. The van der Waals surface area contributed by atoms with Crippen molar-refractivity contribution in [2.75, 3.05) is 0 Å². The van der Waals surface area contributed by atoms with Crippen molar-refractivity contribution in [3.63, 3.8) is 0 Å². The number of amides is 1. The summed E-state index contributed by atoms with van der Waals surface area (Å²) in [5.41, 5.74) is 2.09. The standard InChI is InChI=1S/C14H9BrClN3O4/c15-11-4-2-1-3-10(11)14(21)18-17-7-8-5-9(16)6-12(13(8)20)19(22)23/h1-7,20H,(H,18,21). The van der Waals surface area contributed by atoms with E-state index in [1.54, 1.807) is 24.3 Å². The predicted octanol–water partition coefficient (Wildman–Crippen LogP) is 3.48. The lowest BCUT2D eigenvalue weighted by atomic mass is 10.2. The van der Waals surface area contributed by atoms with Gasteiger partial charge in [0.2, 0.25) is 5.75 Å². The van der Waals surface area contributed by atoms with Crippen molar-refractivity contribution in [1.82, 2.24) is 5.43 Å². The Morgan fingerprint density at radius 2 is 2.09 bits per heavy atom. The lowest BCUT2D eigenvalue weighted by molar-refractivity contribution is -0.385. The summed E-state index contributed by atoms with van der Waals surface area (Å²) in [4.78, 5) is 22.0. The van der Waals surface area contributed by atoms with Gasteiger partial charge in [0, 0.05) is 21.1 Å². The average Bonchev–Trinajstić information content (AvgIpc) is 2.50. The third-order valence-electron chi connectivity index (χ3n) is 2.77. The van der Waals surface area contributed by atoms with Gasteiger partial charge in [0.15, 0.2) is 0 Å². The first kappa shape index (κ1) is 16.9. The van der Waals surface area contributed by atoms with Crippen LogP contribution in [0.1, 0.15) is 15.9 Å². The fraction of sp³-hybridized carbons (Fsp3) is 0. The van der Waals surface area contributed by atoms with Gasteiger partial charge in [-0.15, -0.1) is 0 Å². The van der Waals surface area contributed by atoms with Gasteiger partial charge < -0.3 is 5.11 Å². The van der Waals surface area contributed by atoms with Gasteiger partial charge in [-0.05, 0) is 34.1 Å². The lowest BCUT2D eigenvalue weighted by Crippen LogP contribution is -2.18. The molecule has 0 aliphatic carbocycles. The van der Waals surface area contributed by atoms with Crippen molar-refractivity contribution >= 4 is 45.3 Å². The molecule has 1 amide bonds. The normalized spacial score (nSPS) is 10.7. The van der Waals surface area contributed by atoms with Crippen LogP contribution in [0.25, 0.3) is 0 Å². The number of carbonyl (C=O) groups excluding carboxylic acids is 1. The Balaban J connectivity index is 2.20. The van der Waals surface area contributed by atoms with E-state index < -0.39 is 22.3 Å². The molecular formula is C14H9BrClN3O4. The lowest BCUT2D eigenvalue weighted by Gasteiger charge is -2.03. The monoisotopic (exact) mass is 397 g/mol. The van der Waals surface area contributed by atoms with Gasteiger partial charge in [-0.1, -0.05) is 23.7 Å². The van der Waals surface area contributed by atoms with Crippen molar-refractivity contribution in [1.29, 1.82) is 0 Å². The first-order valence-electron chi connectivity index (χ1n) is 6.15. The highest BCUT2D eigenvalue weighted by molar-refractivity contribution is 9.10. The Bertz CT molecular complexity index is 811. The molecule has 118 valence electrons. The molecule has 2 N–H and O–H groups in total. The summed E-state index contributed by atoms with van der Waals surface area (Å²) >= 11 is 8.99. The van der Waals surface area contributed by atoms with Gasteiger partial charge in [-0.3, -0.25) is 14.9 Å². The van der Waals surface area contributed by atoms with Gasteiger partial charge >= 0.3 is 5.69 Å². The summed E-state index contributed by atoms with van der Waals surface area (Å²) in [7, 11) is 0. The van der Waals surface area contributed by atoms with Crippen LogP contribution in [0.15, 0.2) is 46.0 Å². The number of phenols is 1. The molecule has 23 heavy (non-hydrogen) atoms. The zero-order valence-corrected chi connectivity index (χ0v) is 13.7. The van der Waals surface area contributed by atoms with Gasteiger partial charge in [-0.25, -0.2) is 5.43 Å². The largest absolute Gasteiger partial charge is 0.502 e. The molecule has 0 saturated heterocycles. The Hall–Kier alpha value is -2.45. The second-order valence-electron chi connectivity index (χ2n) is 4.30. The minimum Gasteiger partial charge on any atom is -0.502 e. The van der Waals surface area contributed by atoms with E-state index >= 15 is 0 Å². The average molecular weight is 399 g/mol. The number of phenolic OH excluding ortho intramolecular Hbond substituents is 1. The topological polar surface area (TPSA) is 105 Å². The summed E-state index contributed by atoms with van der Waals surface area (Å²) in [5.74, 6) is -1.07. The van der Waals surface area contributed by atoms with E-state index in [9.17, 15) is 20.0 Å². The highest BCUT2D eigenvalue weighted by atomic mass is 79.9. The number of hydrogen-bond acceptors (Lipinski definition) is 5. The third-order valence-corrected chi connectivity index (χ3v) is 3.68. The van der Waals surface area contributed by atoms with E-state index in [1.165, 1.54) is 6.07 Å². The molecule has 0 heterocycles. The highest BCUT2D eigenvalue weighted by Crippen LogP contribution is 2.32. The highest BCUT2D eigenvalue weighted by Gasteiger charge is 2.17. The molecule has 0 aromatic heterocycles. The van der Waals surface area contributed by atoms with Crippen LogP contribution in [0.2, 0.25) is 5.02 Å². The number of nitrogens with one attached hydrogen (secondary N) is 1. The molecule has 2 aromatic carbocycles. The van der Waals surface area contributed by atoms with Crippen LogP contribution < -0.4 is 5.43 Å². The molecule has 2 rings (SSSR count). The van der Waals surface area contributed by atoms with Gasteiger partial charge in [0.25, 0.3) is 5.91 Å². The first-order chi connectivity index (χ1) is 10.9. The summed E-state index contributed by atoms with van der Waals surface area (Å²) in [6, 6.07) is 9.05. The number of hydrazone groups is 1. The van der Waals surface area contributed by atoms with Crippen LogP contribution in [0.4, 0.5) is 5.69 Å². The molecule has 7 nitrogen and oxygen atoms in total. The zero-order valence-electron chi connectivity index (χ0n) is 11.4. The molecular weight excluding hydrogens is 390 g/mol. The maximum Gasteiger partial charge on any atom is 0.312 e. The number of hydrogen-bond donors (Lipinski definition) is 2. The molecule has 0 saturated carbocycles. The number of halogens is 2. The molecule has 0 aliphatic rings.